The molecule has 0 bridgehead atoms. The van der Waals surface area contributed by atoms with Gasteiger partial charge in [0.1, 0.15) is 0 Å². The fourth-order valence-corrected chi connectivity index (χ4v) is 1.93. The van der Waals surface area contributed by atoms with Crippen LogP contribution in [-0.4, -0.2) is 49.0 Å². The summed E-state index contributed by atoms with van der Waals surface area (Å²) >= 11 is 0. The Morgan fingerprint density at radius 2 is 2.06 bits per heavy atom. The van der Waals surface area contributed by atoms with Crippen LogP contribution in [0.5, 0.6) is 0 Å². The fraction of sp³-hybridized carbons (Fsp3) is 0.750. The van der Waals surface area contributed by atoms with E-state index in [1.165, 1.54) is 11.9 Å². The minimum absolute atomic E-state index is 0.0526. The lowest BCUT2D eigenvalue weighted by Gasteiger charge is -2.28. The van der Waals surface area contributed by atoms with E-state index in [9.17, 15) is 14.4 Å². The molecule has 1 aliphatic rings. The summed E-state index contributed by atoms with van der Waals surface area (Å²) in [5.74, 6) is -0.536. The van der Waals surface area contributed by atoms with Gasteiger partial charge in [-0.3, -0.25) is 4.79 Å². The lowest BCUT2D eigenvalue weighted by molar-refractivity contribution is -0.146. The van der Waals surface area contributed by atoms with Gasteiger partial charge < -0.3 is 14.4 Å². The molecule has 0 radical (unpaired) electrons. The maximum Gasteiger partial charge on any atom is 0.410 e. The van der Waals surface area contributed by atoms with Crippen molar-refractivity contribution < 1.29 is 23.9 Å². The van der Waals surface area contributed by atoms with Crippen LogP contribution in [0, 0.1) is 0 Å². The van der Waals surface area contributed by atoms with E-state index in [0.29, 0.717) is 12.8 Å². The van der Waals surface area contributed by atoms with Gasteiger partial charge in [-0.05, 0) is 19.8 Å². The Balaban J connectivity index is 2.40. The number of carbonyl (C=O) groups is 3. The molecule has 1 atom stereocenters. The molecule has 0 aliphatic heterocycles. The number of amides is 1. The van der Waals surface area contributed by atoms with Crippen molar-refractivity contribution in [1.82, 2.24) is 4.90 Å². The Bertz CT molecular complexity index is 328. The van der Waals surface area contributed by atoms with Gasteiger partial charge in [0.15, 0.2) is 12.4 Å². The number of Topliss-reactive ketones (excluding diaryl/α,β-unsaturated/α-hetero) is 1. The maximum absolute atomic E-state index is 11.6. The minimum atomic E-state index is -0.664. The van der Waals surface area contributed by atoms with Gasteiger partial charge in [0.2, 0.25) is 0 Å². The zero-order valence-corrected chi connectivity index (χ0v) is 10.8. The van der Waals surface area contributed by atoms with E-state index in [-0.39, 0.29) is 12.4 Å². The van der Waals surface area contributed by atoms with Crippen LogP contribution in [0.4, 0.5) is 4.79 Å². The number of likely N-dealkylation sites (N-methyl/N-ethyl adjacent to an activating group) is 1. The van der Waals surface area contributed by atoms with Crippen LogP contribution < -0.4 is 0 Å². The van der Waals surface area contributed by atoms with Gasteiger partial charge in [-0.1, -0.05) is 6.42 Å². The highest BCUT2D eigenvalue weighted by molar-refractivity contribution is 5.88. The van der Waals surface area contributed by atoms with Crippen molar-refractivity contribution in [3.05, 3.63) is 0 Å². The second-order valence-corrected chi connectivity index (χ2v) is 4.20. The summed E-state index contributed by atoms with van der Waals surface area (Å²) in [5.41, 5.74) is 0. The molecule has 1 fully saturated rings. The van der Waals surface area contributed by atoms with E-state index in [0.717, 1.165) is 12.8 Å². The molecule has 6 nitrogen and oxygen atoms in total. The fourth-order valence-electron chi connectivity index (χ4n) is 1.93. The predicted octanol–water partition coefficient (Wildman–Crippen LogP) is 1.13. The second-order valence-electron chi connectivity index (χ2n) is 4.20. The number of nitrogens with zero attached hydrogens (tertiary/aromatic N) is 1. The van der Waals surface area contributed by atoms with E-state index >= 15 is 0 Å². The first-order valence-corrected chi connectivity index (χ1v) is 6.14. The molecular weight excluding hydrogens is 238 g/mol. The first kappa shape index (κ1) is 14.5. The van der Waals surface area contributed by atoms with Crippen molar-refractivity contribution in [2.45, 2.75) is 38.6 Å². The highest BCUT2D eigenvalue weighted by Gasteiger charge is 2.29. The molecular formula is C12H19NO5. The summed E-state index contributed by atoms with van der Waals surface area (Å²) in [5, 5.41) is 0. The minimum Gasteiger partial charge on any atom is -0.463 e. The van der Waals surface area contributed by atoms with Crippen molar-refractivity contribution in [3.63, 3.8) is 0 Å². The number of esters is 1. The van der Waals surface area contributed by atoms with E-state index in [1.807, 2.05) is 0 Å². The summed E-state index contributed by atoms with van der Waals surface area (Å²) in [4.78, 5) is 35.6. The van der Waals surface area contributed by atoms with Crippen LogP contribution in [-0.2, 0) is 19.1 Å². The molecule has 0 aromatic carbocycles. The number of hydrogen-bond acceptors (Lipinski definition) is 5. The Kier molecular flexibility index (Phi) is 5.61. The van der Waals surface area contributed by atoms with Crippen LogP contribution >= 0.6 is 0 Å². The van der Waals surface area contributed by atoms with E-state index in [2.05, 4.69) is 4.74 Å². The molecule has 0 saturated heterocycles. The largest absolute Gasteiger partial charge is 0.463 e. The standard InChI is InChI=1S/C12H19NO5/c1-3-17-11(15)8-18-12(16)13(2)9-6-4-5-7-10(9)14/h9H,3-8H2,1-2H3. The monoisotopic (exact) mass is 257 g/mol. The van der Waals surface area contributed by atoms with Crippen molar-refractivity contribution in [1.29, 1.82) is 0 Å². The van der Waals surface area contributed by atoms with Gasteiger partial charge in [0.25, 0.3) is 0 Å². The molecule has 1 aliphatic carbocycles. The molecule has 1 unspecified atom stereocenters. The van der Waals surface area contributed by atoms with Crippen molar-refractivity contribution in [3.8, 4) is 0 Å². The van der Waals surface area contributed by atoms with Crippen LogP contribution in [0.3, 0.4) is 0 Å². The average Bonchev–Trinajstić information content (AvgIpc) is 2.36. The van der Waals surface area contributed by atoms with Gasteiger partial charge in [-0.15, -0.1) is 0 Å². The first-order chi connectivity index (χ1) is 8.56. The molecule has 0 N–H and O–H groups in total. The summed E-state index contributed by atoms with van der Waals surface area (Å²) in [6, 6.07) is -0.423. The van der Waals surface area contributed by atoms with Gasteiger partial charge in [0, 0.05) is 13.5 Å². The normalized spacial score (nSPS) is 19.2. The van der Waals surface area contributed by atoms with Crippen molar-refractivity contribution in [2.75, 3.05) is 20.3 Å². The summed E-state index contributed by atoms with van der Waals surface area (Å²) < 4.78 is 9.42. The zero-order valence-electron chi connectivity index (χ0n) is 10.8. The highest BCUT2D eigenvalue weighted by atomic mass is 16.6. The third-order valence-electron chi connectivity index (χ3n) is 2.90. The zero-order chi connectivity index (χ0) is 13.5. The van der Waals surface area contributed by atoms with Crippen LogP contribution in [0.1, 0.15) is 32.6 Å². The smallest absolute Gasteiger partial charge is 0.410 e. The Hall–Kier alpha value is -1.59. The Morgan fingerprint density at radius 3 is 2.67 bits per heavy atom. The molecule has 6 heteroatoms. The first-order valence-electron chi connectivity index (χ1n) is 6.14. The van der Waals surface area contributed by atoms with Crippen LogP contribution in [0.2, 0.25) is 0 Å². The molecule has 0 aromatic rings. The SMILES string of the molecule is CCOC(=O)COC(=O)N(C)C1CCCCC1=O. The number of ether oxygens (including phenoxy) is 2. The third kappa shape index (κ3) is 4.01. The van der Waals surface area contributed by atoms with Gasteiger partial charge in [0.05, 0.1) is 12.6 Å². The van der Waals surface area contributed by atoms with Crippen LogP contribution in [0.25, 0.3) is 0 Å². The molecule has 18 heavy (non-hydrogen) atoms. The van der Waals surface area contributed by atoms with Crippen molar-refractivity contribution >= 4 is 17.8 Å². The molecule has 1 saturated carbocycles. The summed E-state index contributed by atoms with van der Waals surface area (Å²) in [7, 11) is 1.52. The van der Waals surface area contributed by atoms with Gasteiger partial charge >= 0.3 is 12.1 Å². The lowest BCUT2D eigenvalue weighted by atomic mass is 9.93. The molecule has 1 rings (SSSR count). The highest BCUT2D eigenvalue weighted by Crippen LogP contribution is 2.19. The van der Waals surface area contributed by atoms with E-state index < -0.39 is 24.7 Å². The number of ketones is 1. The third-order valence-corrected chi connectivity index (χ3v) is 2.90. The molecule has 102 valence electrons. The van der Waals surface area contributed by atoms with Gasteiger partial charge in [-0.25, -0.2) is 9.59 Å². The number of carbonyl (C=O) groups excluding carboxylic acids is 3. The van der Waals surface area contributed by atoms with Crippen molar-refractivity contribution in [2.24, 2.45) is 0 Å². The molecule has 0 aromatic heterocycles. The molecule has 1 amide bonds. The number of rotatable bonds is 4. The maximum atomic E-state index is 11.6. The van der Waals surface area contributed by atoms with E-state index in [4.69, 9.17) is 4.74 Å². The van der Waals surface area contributed by atoms with Crippen LogP contribution in [0.15, 0.2) is 0 Å². The quantitative estimate of drug-likeness (QED) is 0.706. The molecule has 0 heterocycles. The predicted molar refractivity (Wildman–Crippen MR) is 63.0 cm³/mol. The molecule has 0 spiro atoms. The second kappa shape index (κ2) is 6.98. The lowest BCUT2D eigenvalue weighted by Crippen LogP contribution is -2.44. The van der Waals surface area contributed by atoms with E-state index in [1.54, 1.807) is 6.92 Å². The Labute approximate surface area is 106 Å². The summed E-state index contributed by atoms with van der Waals surface area (Å²) in [6.45, 7) is 1.50. The van der Waals surface area contributed by atoms with Gasteiger partial charge in [-0.2, -0.15) is 0 Å². The number of hydrogen-bond donors (Lipinski definition) is 0. The summed E-state index contributed by atoms with van der Waals surface area (Å²) in [6.07, 6.45) is 2.29. The topological polar surface area (TPSA) is 72.9 Å². The average molecular weight is 257 g/mol. The Morgan fingerprint density at radius 1 is 1.33 bits per heavy atom.